The van der Waals surface area contributed by atoms with E-state index in [9.17, 15) is 4.79 Å². The largest absolute Gasteiger partial charge is 0.321 e. The van der Waals surface area contributed by atoms with Gasteiger partial charge in [0.1, 0.15) is 5.69 Å². The lowest BCUT2D eigenvalue weighted by Gasteiger charge is -2.19. The van der Waals surface area contributed by atoms with E-state index in [-0.39, 0.29) is 11.3 Å². The summed E-state index contributed by atoms with van der Waals surface area (Å²) in [5.41, 5.74) is 3.65. The van der Waals surface area contributed by atoms with Crippen LogP contribution in [0.2, 0.25) is 0 Å². The third-order valence-electron chi connectivity index (χ3n) is 3.63. The molecule has 0 saturated heterocycles. The molecule has 0 saturated carbocycles. The fraction of sp³-hybridized carbons (Fsp3) is 0.294. The van der Waals surface area contributed by atoms with Gasteiger partial charge in [0, 0.05) is 23.0 Å². The Bertz CT molecular complexity index is 822. The number of nitrogens with one attached hydrogen (secondary N) is 1. The molecule has 0 bridgehead atoms. The molecule has 0 atom stereocenters. The second-order valence-electron chi connectivity index (χ2n) is 6.44. The van der Waals surface area contributed by atoms with Crippen molar-refractivity contribution in [2.75, 3.05) is 5.32 Å². The molecule has 0 aliphatic carbocycles. The molecule has 4 nitrogen and oxygen atoms in total. The number of carbonyl (C=O) groups is 1. The van der Waals surface area contributed by atoms with Crippen molar-refractivity contribution in [3.63, 3.8) is 0 Å². The number of amides is 1. The summed E-state index contributed by atoms with van der Waals surface area (Å²) >= 11 is 1.54. The van der Waals surface area contributed by atoms with Crippen LogP contribution in [0.1, 0.15) is 42.5 Å². The number of hydrogen-bond donors (Lipinski definition) is 1. The van der Waals surface area contributed by atoms with Gasteiger partial charge in [0.15, 0.2) is 4.96 Å². The van der Waals surface area contributed by atoms with E-state index in [0.717, 1.165) is 16.3 Å². The number of aryl methyl sites for hydroxylation is 1. The number of imidazole rings is 1. The molecule has 0 radical (unpaired) electrons. The summed E-state index contributed by atoms with van der Waals surface area (Å²) in [5.74, 6) is -0.182. The molecule has 0 aliphatic rings. The first-order valence-electron chi connectivity index (χ1n) is 7.20. The maximum Gasteiger partial charge on any atom is 0.275 e. The quantitative estimate of drug-likeness (QED) is 0.768. The number of benzene rings is 1. The SMILES string of the molecule is Cc1csc2nc(C(=O)Nc3ccc(C(C)(C)C)cc3)cn12. The summed E-state index contributed by atoms with van der Waals surface area (Å²) in [4.78, 5) is 17.5. The van der Waals surface area contributed by atoms with Crippen LogP contribution in [0.4, 0.5) is 5.69 Å². The number of nitrogens with zero attached hydrogens (tertiary/aromatic N) is 2. The third-order valence-corrected chi connectivity index (χ3v) is 4.59. The molecule has 0 aliphatic heterocycles. The average Bonchev–Trinajstić information content (AvgIpc) is 3.01. The molecule has 2 heterocycles. The number of aromatic nitrogens is 2. The summed E-state index contributed by atoms with van der Waals surface area (Å²) < 4.78 is 1.93. The standard InChI is InChI=1S/C17H19N3OS/c1-11-10-22-16-19-14(9-20(11)16)15(21)18-13-7-5-12(6-8-13)17(2,3)4/h5-10H,1-4H3,(H,18,21). The Morgan fingerprint density at radius 2 is 1.91 bits per heavy atom. The first kappa shape index (κ1) is 14.8. The molecular formula is C17H19N3OS. The van der Waals surface area contributed by atoms with Crippen molar-refractivity contribution < 1.29 is 4.79 Å². The normalized spacial score (nSPS) is 11.8. The lowest BCUT2D eigenvalue weighted by molar-refractivity contribution is 0.102. The van der Waals surface area contributed by atoms with E-state index < -0.39 is 0 Å². The van der Waals surface area contributed by atoms with Crippen LogP contribution in [-0.2, 0) is 5.41 Å². The van der Waals surface area contributed by atoms with Gasteiger partial charge in [0.25, 0.3) is 5.91 Å². The van der Waals surface area contributed by atoms with E-state index in [1.165, 1.54) is 16.9 Å². The number of hydrogen-bond acceptors (Lipinski definition) is 3. The van der Waals surface area contributed by atoms with E-state index in [1.807, 2.05) is 41.0 Å². The smallest absolute Gasteiger partial charge is 0.275 e. The maximum atomic E-state index is 12.3. The number of anilines is 1. The Hall–Kier alpha value is -2.14. The van der Waals surface area contributed by atoms with Crippen molar-refractivity contribution in [2.45, 2.75) is 33.1 Å². The summed E-state index contributed by atoms with van der Waals surface area (Å²) in [6.45, 7) is 8.50. The highest BCUT2D eigenvalue weighted by atomic mass is 32.1. The van der Waals surface area contributed by atoms with Crippen LogP contribution in [0.15, 0.2) is 35.8 Å². The topological polar surface area (TPSA) is 46.4 Å². The van der Waals surface area contributed by atoms with Crippen molar-refractivity contribution in [3.8, 4) is 0 Å². The molecular weight excluding hydrogens is 294 g/mol. The first-order chi connectivity index (χ1) is 10.3. The Morgan fingerprint density at radius 1 is 1.23 bits per heavy atom. The van der Waals surface area contributed by atoms with Gasteiger partial charge in [0.2, 0.25) is 0 Å². The van der Waals surface area contributed by atoms with Gasteiger partial charge in [-0.3, -0.25) is 9.20 Å². The zero-order valence-electron chi connectivity index (χ0n) is 13.2. The number of rotatable bonds is 2. The van der Waals surface area contributed by atoms with Gasteiger partial charge < -0.3 is 5.32 Å². The van der Waals surface area contributed by atoms with E-state index in [4.69, 9.17) is 0 Å². The molecule has 1 amide bonds. The van der Waals surface area contributed by atoms with Gasteiger partial charge in [-0.1, -0.05) is 32.9 Å². The van der Waals surface area contributed by atoms with Crippen LogP contribution in [0.25, 0.3) is 4.96 Å². The minimum Gasteiger partial charge on any atom is -0.321 e. The molecule has 2 aromatic heterocycles. The lowest BCUT2D eigenvalue weighted by Crippen LogP contribution is -2.14. The number of thiazole rings is 1. The zero-order valence-corrected chi connectivity index (χ0v) is 14.0. The highest BCUT2D eigenvalue weighted by Crippen LogP contribution is 2.24. The second kappa shape index (κ2) is 5.25. The summed E-state index contributed by atoms with van der Waals surface area (Å²) in [6.07, 6.45) is 1.78. The van der Waals surface area contributed by atoms with E-state index in [1.54, 1.807) is 6.20 Å². The Kier molecular flexibility index (Phi) is 3.53. The Balaban J connectivity index is 1.78. The van der Waals surface area contributed by atoms with Crippen molar-refractivity contribution >= 4 is 27.9 Å². The summed E-state index contributed by atoms with van der Waals surface area (Å²) in [5, 5.41) is 4.92. The minimum atomic E-state index is -0.182. The van der Waals surface area contributed by atoms with E-state index >= 15 is 0 Å². The Morgan fingerprint density at radius 3 is 2.50 bits per heavy atom. The molecule has 3 rings (SSSR count). The van der Waals surface area contributed by atoms with Gasteiger partial charge in [0.05, 0.1) is 0 Å². The van der Waals surface area contributed by atoms with Crippen molar-refractivity contribution in [1.82, 2.24) is 9.38 Å². The molecule has 22 heavy (non-hydrogen) atoms. The van der Waals surface area contributed by atoms with Gasteiger partial charge in [-0.15, -0.1) is 11.3 Å². The third kappa shape index (κ3) is 2.76. The lowest BCUT2D eigenvalue weighted by atomic mass is 9.87. The second-order valence-corrected chi connectivity index (χ2v) is 7.27. The Labute approximate surface area is 133 Å². The number of carbonyl (C=O) groups excluding carboxylic acids is 1. The van der Waals surface area contributed by atoms with Crippen LogP contribution in [0.5, 0.6) is 0 Å². The van der Waals surface area contributed by atoms with Gasteiger partial charge in [-0.2, -0.15) is 0 Å². The summed E-state index contributed by atoms with van der Waals surface area (Å²) in [6, 6.07) is 7.96. The highest BCUT2D eigenvalue weighted by Gasteiger charge is 2.15. The number of fused-ring (bicyclic) bond motifs is 1. The predicted molar refractivity (Wildman–Crippen MR) is 90.9 cm³/mol. The van der Waals surface area contributed by atoms with Gasteiger partial charge >= 0.3 is 0 Å². The molecule has 0 spiro atoms. The van der Waals surface area contributed by atoms with Gasteiger partial charge in [-0.05, 0) is 30.0 Å². The molecule has 0 fully saturated rings. The van der Waals surface area contributed by atoms with E-state index in [0.29, 0.717) is 5.69 Å². The first-order valence-corrected chi connectivity index (χ1v) is 8.07. The van der Waals surface area contributed by atoms with E-state index in [2.05, 4.69) is 31.1 Å². The van der Waals surface area contributed by atoms with Crippen molar-refractivity contribution in [2.24, 2.45) is 0 Å². The van der Waals surface area contributed by atoms with Crippen LogP contribution < -0.4 is 5.32 Å². The fourth-order valence-electron chi connectivity index (χ4n) is 2.25. The molecule has 5 heteroatoms. The molecule has 114 valence electrons. The predicted octanol–water partition coefficient (Wildman–Crippen LogP) is 4.25. The fourth-order valence-corrected chi connectivity index (χ4v) is 3.10. The monoisotopic (exact) mass is 313 g/mol. The van der Waals surface area contributed by atoms with Crippen LogP contribution in [0, 0.1) is 6.92 Å². The summed E-state index contributed by atoms with van der Waals surface area (Å²) in [7, 11) is 0. The zero-order chi connectivity index (χ0) is 15.9. The van der Waals surface area contributed by atoms with Crippen molar-refractivity contribution in [3.05, 3.63) is 52.8 Å². The average molecular weight is 313 g/mol. The van der Waals surface area contributed by atoms with Crippen LogP contribution in [0.3, 0.4) is 0 Å². The van der Waals surface area contributed by atoms with Crippen molar-refractivity contribution in [1.29, 1.82) is 0 Å². The molecule has 3 aromatic rings. The van der Waals surface area contributed by atoms with Crippen LogP contribution >= 0.6 is 11.3 Å². The van der Waals surface area contributed by atoms with Gasteiger partial charge in [-0.25, -0.2) is 4.98 Å². The minimum absolute atomic E-state index is 0.105. The highest BCUT2D eigenvalue weighted by molar-refractivity contribution is 7.15. The molecule has 1 N–H and O–H groups in total. The molecule has 0 unspecified atom stereocenters. The van der Waals surface area contributed by atoms with Crippen LogP contribution in [-0.4, -0.2) is 15.3 Å². The molecule has 1 aromatic carbocycles. The maximum absolute atomic E-state index is 12.3.